The van der Waals surface area contributed by atoms with Gasteiger partial charge in [-0.15, -0.1) is 0 Å². The number of hydrogen-bond donors (Lipinski definition) is 3. The lowest BCUT2D eigenvalue weighted by Gasteiger charge is -2.31. The van der Waals surface area contributed by atoms with E-state index in [4.69, 9.17) is 9.47 Å². The van der Waals surface area contributed by atoms with Gasteiger partial charge in [0.25, 0.3) is 0 Å². The molecule has 176 valence electrons. The lowest BCUT2D eigenvalue weighted by molar-refractivity contribution is -0.130. The van der Waals surface area contributed by atoms with E-state index < -0.39 is 6.04 Å². The predicted octanol–water partition coefficient (Wildman–Crippen LogP) is 3.37. The maximum Gasteiger partial charge on any atom is 0.242 e. The fraction of sp³-hybridized carbons (Fsp3) is 0.296. The Hall–Kier alpha value is -3.55. The summed E-state index contributed by atoms with van der Waals surface area (Å²) in [6.45, 7) is 0.579. The van der Waals surface area contributed by atoms with Crippen molar-refractivity contribution in [1.82, 2.24) is 15.8 Å². The van der Waals surface area contributed by atoms with Crippen LogP contribution in [0.4, 0.5) is 0 Å². The minimum atomic E-state index is -0.392. The van der Waals surface area contributed by atoms with E-state index in [1.54, 1.807) is 26.4 Å². The van der Waals surface area contributed by atoms with E-state index in [-0.39, 0.29) is 29.7 Å². The summed E-state index contributed by atoms with van der Waals surface area (Å²) in [7, 11) is 3.30. The number of hydrazine groups is 1. The Kier molecular flexibility index (Phi) is 6.13. The highest BCUT2D eigenvalue weighted by Crippen LogP contribution is 2.48. The second-order valence-electron chi connectivity index (χ2n) is 8.73. The molecule has 0 aromatic heterocycles. The number of benzene rings is 3. The number of amides is 1. The summed E-state index contributed by atoms with van der Waals surface area (Å²) in [5.74, 6) is 1.73. The summed E-state index contributed by atoms with van der Waals surface area (Å²) in [4.78, 5) is 15.6. The highest BCUT2D eigenvalue weighted by atomic mass is 16.5. The van der Waals surface area contributed by atoms with Gasteiger partial charge in [-0.05, 0) is 47.9 Å². The van der Waals surface area contributed by atoms with Crippen molar-refractivity contribution in [3.63, 3.8) is 0 Å². The quantitative estimate of drug-likeness (QED) is 0.503. The molecule has 1 amide bonds. The van der Waals surface area contributed by atoms with Crippen molar-refractivity contribution in [2.24, 2.45) is 5.92 Å². The summed E-state index contributed by atoms with van der Waals surface area (Å²) in [6.07, 6.45) is 0.727. The van der Waals surface area contributed by atoms with Gasteiger partial charge in [0.05, 0.1) is 26.3 Å². The molecule has 4 atom stereocenters. The van der Waals surface area contributed by atoms with E-state index in [9.17, 15) is 9.90 Å². The smallest absolute Gasteiger partial charge is 0.242 e. The standard InChI is InChI=1S/C27H29N3O4/c1-33-19-12-10-17(11-13-19)14-15-30-26(18-6-5-7-20(16-18)34-2)23-24(28-29-25(23)27(30)32)21-8-3-4-9-22(21)31/h3-13,16,23-26,28-29,31H,14-15H2,1-2H3. The molecule has 2 saturated heterocycles. The lowest BCUT2D eigenvalue weighted by atomic mass is 9.83. The van der Waals surface area contributed by atoms with Gasteiger partial charge < -0.3 is 19.5 Å². The maximum atomic E-state index is 13.6. The first kappa shape index (κ1) is 22.3. The van der Waals surface area contributed by atoms with Crippen LogP contribution < -0.4 is 20.3 Å². The highest BCUT2D eigenvalue weighted by molar-refractivity contribution is 5.86. The Balaban J connectivity index is 1.49. The van der Waals surface area contributed by atoms with Crippen molar-refractivity contribution in [1.29, 1.82) is 0 Å². The number of phenols is 1. The molecule has 5 rings (SSSR count). The van der Waals surface area contributed by atoms with E-state index in [2.05, 4.69) is 10.9 Å². The average molecular weight is 460 g/mol. The number of fused-ring (bicyclic) bond motifs is 1. The summed E-state index contributed by atoms with van der Waals surface area (Å²) in [5, 5.41) is 10.6. The minimum absolute atomic E-state index is 0.0525. The largest absolute Gasteiger partial charge is 0.508 e. The van der Waals surface area contributed by atoms with Gasteiger partial charge in [-0.1, -0.05) is 42.5 Å². The SMILES string of the molecule is COc1ccc(CCN2C(=O)C3NNC(c4ccccc4O)C3C2c2cccc(OC)c2)cc1. The van der Waals surface area contributed by atoms with Gasteiger partial charge >= 0.3 is 0 Å². The summed E-state index contributed by atoms with van der Waals surface area (Å²) in [6, 6.07) is 22.4. The summed E-state index contributed by atoms with van der Waals surface area (Å²) in [5.41, 5.74) is 9.42. The molecule has 3 N–H and O–H groups in total. The van der Waals surface area contributed by atoms with Crippen LogP contribution in [0.3, 0.4) is 0 Å². The Morgan fingerprint density at radius 3 is 2.35 bits per heavy atom. The molecule has 34 heavy (non-hydrogen) atoms. The van der Waals surface area contributed by atoms with Crippen molar-refractivity contribution in [2.45, 2.75) is 24.5 Å². The van der Waals surface area contributed by atoms with Gasteiger partial charge in [0.15, 0.2) is 0 Å². The first-order valence-corrected chi connectivity index (χ1v) is 11.5. The number of methoxy groups -OCH3 is 2. The van der Waals surface area contributed by atoms with E-state index in [0.717, 1.165) is 34.6 Å². The van der Waals surface area contributed by atoms with Crippen LogP contribution in [-0.2, 0) is 11.2 Å². The molecule has 0 radical (unpaired) electrons. The van der Waals surface area contributed by atoms with Gasteiger partial charge in [-0.25, -0.2) is 10.9 Å². The highest BCUT2D eigenvalue weighted by Gasteiger charge is 2.55. The Bertz CT molecular complexity index is 1170. The van der Waals surface area contributed by atoms with Crippen LogP contribution in [0.25, 0.3) is 0 Å². The minimum Gasteiger partial charge on any atom is -0.508 e. The normalized spacial score (nSPS) is 23.7. The topological polar surface area (TPSA) is 83.1 Å². The van der Waals surface area contributed by atoms with Crippen LogP contribution in [0.1, 0.15) is 28.8 Å². The number of likely N-dealkylation sites (tertiary alicyclic amines) is 1. The van der Waals surface area contributed by atoms with Crippen LogP contribution in [0, 0.1) is 5.92 Å². The maximum absolute atomic E-state index is 13.6. The van der Waals surface area contributed by atoms with Crippen LogP contribution in [-0.4, -0.2) is 42.7 Å². The molecule has 2 aliphatic heterocycles. The van der Waals surface area contributed by atoms with Crippen molar-refractivity contribution in [3.05, 3.63) is 89.5 Å². The molecule has 7 nitrogen and oxygen atoms in total. The number of nitrogens with zero attached hydrogens (tertiary/aromatic N) is 1. The fourth-order valence-electron chi connectivity index (χ4n) is 5.23. The number of carbonyl (C=O) groups is 1. The molecule has 2 fully saturated rings. The van der Waals surface area contributed by atoms with Gasteiger partial charge in [0.1, 0.15) is 23.3 Å². The van der Waals surface area contributed by atoms with Crippen molar-refractivity contribution < 1.29 is 19.4 Å². The molecule has 0 bridgehead atoms. The van der Waals surface area contributed by atoms with E-state index in [0.29, 0.717) is 6.54 Å². The summed E-state index contributed by atoms with van der Waals surface area (Å²) >= 11 is 0. The van der Waals surface area contributed by atoms with Gasteiger partial charge in [-0.3, -0.25) is 4.79 Å². The number of hydrogen-bond acceptors (Lipinski definition) is 6. The van der Waals surface area contributed by atoms with Crippen LogP contribution >= 0.6 is 0 Å². The molecule has 7 heteroatoms. The molecule has 3 aromatic rings. The molecule has 3 aromatic carbocycles. The number of ether oxygens (including phenoxy) is 2. The second kappa shape index (κ2) is 9.37. The van der Waals surface area contributed by atoms with E-state index in [1.165, 1.54) is 0 Å². The zero-order valence-electron chi connectivity index (χ0n) is 19.3. The van der Waals surface area contributed by atoms with E-state index in [1.807, 2.05) is 65.6 Å². The molecule has 2 aliphatic rings. The number of phenolic OH excluding ortho intramolecular Hbond substituents is 1. The first-order chi connectivity index (χ1) is 16.6. The second-order valence-corrected chi connectivity index (χ2v) is 8.73. The zero-order valence-corrected chi connectivity index (χ0v) is 19.3. The van der Waals surface area contributed by atoms with Crippen molar-refractivity contribution >= 4 is 5.91 Å². The number of rotatable bonds is 7. The van der Waals surface area contributed by atoms with Crippen molar-refractivity contribution in [2.75, 3.05) is 20.8 Å². The zero-order chi connectivity index (χ0) is 23.7. The summed E-state index contributed by atoms with van der Waals surface area (Å²) < 4.78 is 10.7. The Labute approximate surface area is 199 Å². The number of para-hydroxylation sites is 1. The van der Waals surface area contributed by atoms with Crippen LogP contribution in [0.5, 0.6) is 17.2 Å². The lowest BCUT2D eigenvalue weighted by Crippen LogP contribution is -2.42. The first-order valence-electron chi connectivity index (χ1n) is 11.5. The Morgan fingerprint density at radius 1 is 0.882 bits per heavy atom. The molecule has 0 aliphatic carbocycles. The molecule has 2 heterocycles. The number of aromatic hydroxyl groups is 1. The molecule has 0 saturated carbocycles. The number of nitrogens with one attached hydrogen (secondary N) is 2. The van der Waals surface area contributed by atoms with Crippen molar-refractivity contribution in [3.8, 4) is 17.2 Å². The predicted molar refractivity (Wildman–Crippen MR) is 129 cm³/mol. The molecule has 4 unspecified atom stereocenters. The number of carbonyl (C=O) groups excluding carboxylic acids is 1. The Morgan fingerprint density at radius 2 is 1.62 bits per heavy atom. The van der Waals surface area contributed by atoms with Crippen LogP contribution in [0.2, 0.25) is 0 Å². The third-order valence-corrected chi connectivity index (χ3v) is 6.92. The average Bonchev–Trinajstić information content (AvgIpc) is 3.42. The molecule has 0 spiro atoms. The van der Waals surface area contributed by atoms with Gasteiger partial charge in [0.2, 0.25) is 5.91 Å². The fourth-order valence-corrected chi connectivity index (χ4v) is 5.23. The van der Waals surface area contributed by atoms with Gasteiger partial charge in [-0.2, -0.15) is 0 Å². The third-order valence-electron chi connectivity index (χ3n) is 6.92. The van der Waals surface area contributed by atoms with Gasteiger partial charge in [0, 0.05) is 18.0 Å². The monoisotopic (exact) mass is 459 g/mol. The molecular formula is C27H29N3O4. The molecular weight excluding hydrogens is 430 g/mol. The van der Waals surface area contributed by atoms with E-state index >= 15 is 0 Å². The van der Waals surface area contributed by atoms with Crippen LogP contribution in [0.15, 0.2) is 72.8 Å². The third kappa shape index (κ3) is 3.97.